The van der Waals surface area contributed by atoms with Crippen molar-refractivity contribution >= 4 is 21.8 Å². The van der Waals surface area contributed by atoms with Crippen molar-refractivity contribution in [1.29, 1.82) is 0 Å². The van der Waals surface area contributed by atoms with E-state index >= 15 is 0 Å². The SMILES string of the molecule is COc1cc(Br)ccc1C(=O)N1CC(C)(O)C1. The van der Waals surface area contributed by atoms with Crippen LogP contribution in [0.1, 0.15) is 17.3 Å². The molecule has 17 heavy (non-hydrogen) atoms. The number of hydrogen-bond acceptors (Lipinski definition) is 3. The average molecular weight is 300 g/mol. The van der Waals surface area contributed by atoms with E-state index in [1.165, 1.54) is 7.11 Å². The van der Waals surface area contributed by atoms with Crippen molar-refractivity contribution in [1.82, 2.24) is 4.90 Å². The van der Waals surface area contributed by atoms with Crippen molar-refractivity contribution in [3.8, 4) is 5.75 Å². The van der Waals surface area contributed by atoms with Crippen molar-refractivity contribution in [2.75, 3.05) is 20.2 Å². The van der Waals surface area contributed by atoms with Crippen molar-refractivity contribution in [3.05, 3.63) is 28.2 Å². The first-order chi connectivity index (χ1) is 7.93. The minimum absolute atomic E-state index is 0.110. The van der Waals surface area contributed by atoms with Gasteiger partial charge in [-0.05, 0) is 25.1 Å². The number of methoxy groups -OCH3 is 1. The monoisotopic (exact) mass is 299 g/mol. The highest BCUT2D eigenvalue weighted by atomic mass is 79.9. The van der Waals surface area contributed by atoms with Crippen LogP contribution in [0.15, 0.2) is 22.7 Å². The molecule has 0 bridgehead atoms. The van der Waals surface area contributed by atoms with E-state index in [0.717, 1.165) is 4.47 Å². The minimum atomic E-state index is -0.752. The molecular formula is C12H14BrNO3. The van der Waals surface area contributed by atoms with Gasteiger partial charge in [-0.15, -0.1) is 0 Å². The highest BCUT2D eigenvalue weighted by Crippen LogP contribution is 2.28. The van der Waals surface area contributed by atoms with Crippen LogP contribution in [0.2, 0.25) is 0 Å². The van der Waals surface area contributed by atoms with Gasteiger partial charge in [0, 0.05) is 4.47 Å². The fourth-order valence-electron chi connectivity index (χ4n) is 1.93. The van der Waals surface area contributed by atoms with Crippen LogP contribution < -0.4 is 4.74 Å². The van der Waals surface area contributed by atoms with E-state index in [9.17, 15) is 9.90 Å². The van der Waals surface area contributed by atoms with Crippen LogP contribution in [0.5, 0.6) is 5.75 Å². The Morgan fingerprint density at radius 2 is 2.18 bits per heavy atom. The van der Waals surface area contributed by atoms with Gasteiger partial charge in [-0.1, -0.05) is 15.9 Å². The van der Waals surface area contributed by atoms with Gasteiger partial charge in [0.25, 0.3) is 5.91 Å². The van der Waals surface area contributed by atoms with Gasteiger partial charge in [0.15, 0.2) is 0 Å². The fourth-order valence-corrected chi connectivity index (χ4v) is 2.27. The molecule has 1 N–H and O–H groups in total. The van der Waals surface area contributed by atoms with E-state index in [0.29, 0.717) is 24.4 Å². The maximum atomic E-state index is 12.1. The van der Waals surface area contributed by atoms with Gasteiger partial charge >= 0.3 is 0 Å². The summed E-state index contributed by atoms with van der Waals surface area (Å²) in [5.41, 5.74) is -0.232. The Labute approximate surface area is 108 Å². The molecule has 0 radical (unpaired) electrons. The predicted molar refractivity (Wildman–Crippen MR) is 67.2 cm³/mol. The Bertz CT molecular complexity index is 451. The largest absolute Gasteiger partial charge is 0.496 e. The van der Waals surface area contributed by atoms with E-state index in [2.05, 4.69) is 15.9 Å². The molecule has 0 aliphatic carbocycles. The minimum Gasteiger partial charge on any atom is -0.496 e. The number of hydrogen-bond donors (Lipinski definition) is 1. The summed E-state index contributed by atoms with van der Waals surface area (Å²) in [7, 11) is 1.53. The summed E-state index contributed by atoms with van der Waals surface area (Å²) in [6, 6.07) is 5.27. The molecule has 1 aliphatic heterocycles. The van der Waals surface area contributed by atoms with Crippen molar-refractivity contribution in [2.45, 2.75) is 12.5 Å². The molecule has 0 unspecified atom stereocenters. The summed E-state index contributed by atoms with van der Waals surface area (Å²) in [6.07, 6.45) is 0. The Morgan fingerprint density at radius 3 is 2.71 bits per heavy atom. The number of nitrogens with zero attached hydrogens (tertiary/aromatic N) is 1. The van der Waals surface area contributed by atoms with Crippen LogP contribution in [0.25, 0.3) is 0 Å². The molecule has 0 aromatic heterocycles. The first kappa shape index (κ1) is 12.4. The van der Waals surface area contributed by atoms with E-state index in [4.69, 9.17) is 4.74 Å². The van der Waals surface area contributed by atoms with Gasteiger partial charge in [-0.3, -0.25) is 4.79 Å². The van der Waals surface area contributed by atoms with E-state index < -0.39 is 5.60 Å². The highest BCUT2D eigenvalue weighted by molar-refractivity contribution is 9.10. The molecule has 92 valence electrons. The van der Waals surface area contributed by atoms with Crippen molar-refractivity contribution in [2.24, 2.45) is 0 Å². The van der Waals surface area contributed by atoms with Gasteiger partial charge in [-0.25, -0.2) is 0 Å². The third-order valence-electron chi connectivity index (χ3n) is 2.74. The summed E-state index contributed by atoms with van der Waals surface area (Å²) in [5, 5.41) is 9.62. The predicted octanol–water partition coefficient (Wildman–Crippen LogP) is 1.66. The van der Waals surface area contributed by atoms with Gasteiger partial charge in [-0.2, -0.15) is 0 Å². The normalized spacial score (nSPS) is 17.5. The molecular weight excluding hydrogens is 286 g/mol. The zero-order valence-electron chi connectivity index (χ0n) is 9.74. The molecule has 2 rings (SSSR count). The van der Waals surface area contributed by atoms with Gasteiger partial charge < -0.3 is 14.7 Å². The topological polar surface area (TPSA) is 49.8 Å². The van der Waals surface area contributed by atoms with E-state index in [1.807, 2.05) is 0 Å². The maximum Gasteiger partial charge on any atom is 0.257 e. The summed E-state index contributed by atoms with van der Waals surface area (Å²) >= 11 is 3.33. The number of likely N-dealkylation sites (tertiary alicyclic amines) is 1. The van der Waals surface area contributed by atoms with Crippen LogP contribution in [0.3, 0.4) is 0 Å². The Kier molecular flexibility index (Phi) is 3.14. The van der Waals surface area contributed by atoms with Crippen molar-refractivity contribution < 1.29 is 14.6 Å². The quantitative estimate of drug-likeness (QED) is 0.904. The molecule has 0 saturated carbocycles. The standard InChI is InChI=1S/C12H14BrNO3/c1-12(16)6-14(7-12)11(15)9-4-3-8(13)5-10(9)17-2/h3-5,16H,6-7H2,1-2H3. The zero-order valence-corrected chi connectivity index (χ0v) is 11.3. The number of β-amino-alcohol motifs (C(OH)–C–C–N with tert-alkyl or cyclic N) is 1. The molecule has 1 aromatic carbocycles. The number of amides is 1. The zero-order chi connectivity index (χ0) is 12.6. The van der Waals surface area contributed by atoms with Crippen LogP contribution in [0.4, 0.5) is 0 Å². The first-order valence-corrected chi connectivity index (χ1v) is 6.07. The maximum absolute atomic E-state index is 12.1. The lowest BCUT2D eigenvalue weighted by molar-refractivity contribution is -0.0669. The average Bonchev–Trinajstić information content (AvgIpc) is 2.24. The van der Waals surface area contributed by atoms with Gasteiger partial charge in [0.05, 0.1) is 31.4 Å². The van der Waals surface area contributed by atoms with Crippen LogP contribution >= 0.6 is 15.9 Å². The fraction of sp³-hybridized carbons (Fsp3) is 0.417. The first-order valence-electron chi connectivity index (χ1n) is 5.28. The third kappa shape index (κ3) is 2.45. The Hall–Kier alpha value is -1.07. The molecule has 1 saturated heterocycles. The third-order valence-corrected chi connectivity index (χ3v) is 3.24. The van der Waals surface area contributed by atoms with Crippen LogP contribution in [-0.2, 0) is 0 Å². The molecule has 4 nitrogen and oxygen atoms in total. The Morgan fingerprint density at radius 1 is 1.53 bits per heavy atom. The molecule has 1 heterocycles. The van der Waals surface area contributed by atoms with Gasteiger partial charge in [0.1, 0.15) is 5.75 Å². The summed E-state index contributed by atoms with van der Waals surface area (Å²) in [5.74, 6) is 0.428. The lowest BCUT2D eigenvalue weighted by atomic mass is 9.96. The summed E-state index contributed by atoms with van der Waals surface area (Å²) < 4.78 is 6.04. The molecule has 1 aliphatic rings. The molecule has 0 spiro atoms. The van der Waals surface area contributed by atoms with Crippen LogP contribution in [-0.4, -0.2) is 41.7 Å². The highest BCUT2D eigenvalue weighted by Gasteiger charge is 2.40. The van der Waals surface area contributed by atoms with Gasteiger partial charge in [0.2, 0.25) is 0 Å². The Balaban J connectivity index is 2.20. The van der Waals surface area contributed by atoms with E-state index in [1.54, 1.807) is 30.0 Å². The number of carbonyl (C=O) groups is 1. The molecule has 0 atom stereocenters. The smallest absolute Gasteiger partial charge is 0.257 e. The van der Waals surface area contributed by atoms with Crippen molar-refractivity contribution in [3.63, 3.8) is 0 Å². The second kappa shape index (κ2) is 4.31. The second-order valence-corrected chi connectivity index (χ2v) is 5.42. The molecule has 1 fully saturated rings. The molecule has 5 heteroatoms. The molecule has 1 aromatic rings. The number of halogens is 1. The second-order valence-electron chi connectivity index (χ2n) is 4.50. The number of aliphatic hydroxyl groups is 1. The number of ether oxygens (including phenoxy) is 1. The number of benzene rings is 1. The number of rotatable bonds is 2. The summed E-state index contributed by atoms with van der Waals surface area (Å²) in [4.78, 5) is 13.7. The molecule has 1 amide bonds. The lowest BCUT2D eigenvalue weighted by Gasteiger charge is -2.44. The lowest BCUT2D eigenvalue weighted by Crippen LogP contribution is -2.61. The number of carbonyl (C=O) groups excluding carboxylic acids is 1. The van der Waals surface area contributed by atoms with E-state index in [-0.39, 0.29) is 5.91 Å². The van der Waals surface area contributed by atoms with Crippen LogP contribution in [0, 0.1) is 0 Å². The summed E-state index contributed by atoms with van der Waals surface area (Å²) in [6.45, 7) is 2.45.